The van der Waals surface area contributed by atoms with Gasteiger partial charge in [0.25, 0.3) is 0 Å². The summed E-state index contributed by atoms with van der Waals surface area (Å²) in [6, 6.07) is 0. The number of allylic oxidation sites excluding steroid dienone is 1. The van der Waals surface area contributed by atoms with Crippen molar-refractivity contribution >= 4 is 0 Å². The van der Waals surface area contributed by atoms with E-state index in [1.807, 2.05) is 6.08 Å². The second-order valence-corrected chi connectivity index (χ2v) is 6.56. The number of fused-ring (bicyclic) bond motifs is 1. The van der Waals surface area contributed by atoms with Crippen LogP contribution in [-0.2, 0) is 14.2 Å². The molecule has 0 aromatic carbocycles. The standard InChI is InChI=1S/C17H26O5/c1-20-14-6-5-13(16(19)17(14)21-2)11-7-10-3-4-12(18)8-15(10)22-9-11/h4-5,10-11,14-19H,3,6-9H2,1-2H3. The molecule has 0 aromatic rings. The lowest BCUT2D eigenvalue weighted by molar-refractivity contribution is -0.101. The fourth-order valence-corrected chi connectivity index (χ4v) is 4.06. The molecule has 1 fully saturated rings. The largest absolute Gasteiger partial charge is 0.513 e. The molecular weight excluding hydrogens is 284 g/mol. The molecule has 22 heavy (non-hydrogen) atoms. The number of hydrogen-bond donors (Lipinski definition) is 2. The number of hydrogen-bond acceptors (Lipinski definition) is 5. The van der Waals surface area contributed by atoms with Crippen molar-refractivity contribution in [2.24, 2.45) is 11.8 Å². The van der Waals surface area contributed by atoms with Gasteiger partial charge in [-0.2, -0.15) is 0 Å². The summed E-state index contributed by atoms with van der Waals surface area (Å²) in [5.41, 5.74) is 1.03. The first kappa shape index (κ1) is 16.0. The molecule has 2 N–H and O–H groups in total. The minimum Gasteiger partial charge on any atom is -0.513 e. The monoisotopic (exact) mass is 310 g/mol. The summed E-state index contributed by atoms with van der Waals surface area (Å²) >= 11 is 0. The predicted molar refractivity (Wildman–Crippen MR) is 81.6 cm³/mol. The third-order valence-electron chi connectivity index (χ3n) is 5.34. The third-order valence-corrected chi connectivity index (χ3v) is 5.34. The average Bonchev–Trinajstić information content (AvgIpc) is 2.54. The SMILES string of the molecule is COC1CC=C(C2COC3CC(O)=CCC3C2)C(O)C1OC. The topological polar surface area (TPSA) is 68.2 Å². The van der Waals surface area contributed by atoms with Gasteiger partial charge in [0.05, 0.1) is 24.6 Å². The molecule has 0 amide bonds. The van der Waals surface area contributed by atoms with Gasteiger partial charge < -0.3 is 24.4 Å². The molecule has 0 bridgehead atoms. The predicted octanol–water partition coefficient (Wildman–Crippen LogP) is 1.96. The van der Waals surface area contributed by atoms with Gasteiger partial charge in [0.15, 0.2) is 0 Å². The summed E-state index contributed by atoms with van der Waals surface area (Å²) < 4.78 is 16.8. The lowest BCUT2D eigenvalue weighted by atomic mass is 9.75. The summed E-state index contributed by atoms with van der Waals surface area (Å²) in [6.45, 7) is 0.603. The maximum Gasteiger partial charge on any atom is 0.113 e. The lowest BCUT2D eigenvalue weighted by Crippen LogP contribution is -2.47. The molecule has 124 valence electrons. The van der Waals surface area contributed by atoms with E-state index >= 15 is 0 Å². The van der Waals surface area contributed by atoms with E-state index in [2.05, 4.69) is 6.08 Å². The molecule has 1 aliphatic heterocycles. The smallest absolute Gasteiger partial charge is 0.113 e. The fraction of sp³-hybridized carbons (Fsp3) is 0.765. The van der Waals surface area contributed by atoms with E-state index in [9.17, 15) is 10.2 Å². The number of aliphatic hydroxyl groups excluding tert-OH is 2. The van der Waals surface area contributed by atoms with Gasteiger partial charge in [-0.1, -0.05) is 6.08 Å². The second-order valence-electron chi connectivity index (χ2n) is 6.56. The van der Waals surface area contributed by atoms with E-state index < -0.39 is 6.10 Å². The zero-order chi connectivity index (χ0) is 15.7. The van der Waals surface area contributed by atoms with Crippen LogP contribution in [0.5, 0.6) is 0 Å². The zero-order valence-corrected chi connectivity index (χ0v) is 13.3. The zero-order valence-electron chi connectivity index (χ0n) is 13.3. The Labute approximate surface area is 131 Å². The molecule has 5 nitrogen and oxygen atoms in total. The maximum atomic E-state index is 10.6. The first-order chi connectivity index (χ1) is 10.6. The normalized spacial score (nSPS) is 42.3. The molecule has 1 heterocycles. The van der Waals surface area contributed by atoms with Gasteiger partial charge in [-0.05, 0) is 36.8 Å². The summed E-state index contributed by atoms with van der Waals surface area (Å²) in [7, 11) is 3.27. The highest BCUT2D eigenvalue weighted by molar-refractivity contribution is 5.21. The Morgan fingerprint density at radius 3 is 2.73 bits per heavy atom. The molecule has 0 saturated carbocycles. The van der Waals surface area contributed by atoms with Crippen molar-refractivity contribution in [3.05, 3.63) is 23.5 Å². The molecule has 5 heteroatoms. The van der Waals surface area contributed by atoms with Crippen molar-refractivity contribution in [3.8, 4) is 0 Å². The number of rotatable bonds is 3. The summed E-state index contributed by atoms with van der Waals surface area (Å²) in [5.74, 6) is 1.09. The fourth-order valence-electron chi connectivity index (χ4n) is 4.06. The lowest BCUT2D eigenvalue weighted by Gasteiger charge is -2.42. The minimum absolute atomic E-state index is 0.101. The van der Waals surface area contributed by atoms with Crippen LogP contribution in [0.2, 0.25) is 0 Å². The van der Waals surface area contributed by atoms with E-state index in [0.29, 0.717) is 24.7 Å². The number of ether oxygens (including phenoxy) is 3. The van der Waals surface area contributed by atoms with Gasteiger partial charge in [0.2, 0.25) is 0 Å². The molecular formula is C17H26O5. The van der Waals surface area contributed by atoms with E-state index in [-0.39, 0.29) is 24.2 Å². The summed E-state index contributed by atoms with van der Waals surface area (Å²) in [4.78, 5) is 0. The highest BCUT2D eigenvalue weighted by Crippen LogP contribution is 2.40. The molecule has 3 rings (SSSR count). The van der Waals surface area contributed by atoms with Gasteiger partial charge in [-0.15, -0.1) is 0 Å². The molecule has 2 aliphatic carbocycles. The number of aliphatic hydroxyl groups is 2. The van der Waals surface area contributed by atoms with Gasteiger partial charge >= 0.3 is 0 Å². The summed E-state index contributed by atoms with van der Waals surface area (Å²) in [5, 5.41) is 20.3. The Morgan fingerprint density at radius 1 is 1.18 bits per heavy atom. The summed E-state index contributed by atoms with van der Waals surface area (Å²) in [6.07, 6.45) is 6.27. The van der Waals surface area contributed by atoms with Gasteiger partial charge in [-0.25, -0.2) is 0 Å². The van der Waals surface area contributed by atoms with Crippen molar-refractivity contribution in [2.45, 2.75) is 50.1 Å². The van der Waals surface area contributed by atoms with Crippen molar-refractivity contribution in [1.29, 1.82) is 0 Å². The molecule has 3 aliphatic rings. The first-order valence-corrected chi connectivity index (χ1v) is 8.07. The van der Waals surface area contributed by atoms with Crippen LogP contribution in [0, 0.1) is 11.8 Å². The average molecular weight is 310 g/mol. The Balaban J connectivity index is 1.71. The van der Waals surface area contributed by atoms with Crippen LogP contribution in [0.4, 0.5) is 0 Å². The van der Waals surface area contributed by atoms with Crippen molar-refractivity contribution in [1.82, 2.24) is 0 Å². The Kier molecular flexibility index (Phi) is 4.88. The molecule has 0 radical (unpaired) electrons. The Bertz CT molecular complexity index is 458. The Morgan fingerprint density at radius 2 is 2.00 bits per heavy atom. The van der Waals surface area contributed by atoms with E-state index in [0.717, 1.165) is 24.8 Å². The van der Waals surface area contributed by atoms with Gasteiger partial charge in [0, 0.05) is 26.6 Å². The highest BCUT2D eigenvalue weighted by atomic mass is 16.5. The molecule has 6 atom stereocenters. The van der Waals surface area contributed by atoms with Crippen LogP contribution in [0.3, 0.4) is 0 Å². The minimum atomic E-state index is -0.638. The van der Waals surface area contributed by atoms with Gasteiger partial charge in [0.1, 0.15) is 12.2 Å². The van der Waals surface area contributed by atoms with Gasteiger partial charge in [-0.3, -0.25) is 0 Å². The first-order valence-electron chi connectivity index (χ1n) is 8.07. The molecule has 1 saturated heterocycles. The molecule has 6 unspecified atom stereocenters. The van der Waals surface area contributed by atoms with E-state index in [1.54, 1.807) is 14.2 Å². The quantitative estimate of drug-likeness (QED) is 0.780. The second kappa shape index (κ2) is 6.71. The van der Waals surface area contributed by atoms with Crippen LogP contribution in [-0.4, -0.2) is 55.5 Å². The molecule has 0 spiro atoms. The van der Waals surface area contributed by atoms with Crippen molar-refractivity contribution in [2.75, 3.05) is 20.8 Å². The van der Waals surface area contributed by atoms with Crippen LogP contribution in [0.15, 0.2) is 23.5 Å². The maximum absolute atomic E-state index is 10.6. The van der Waals surface area contributed by atoms with Crippen LogP contribution in [0.25, 0.3) is 0 Å². The van der Waals surface area contributed by atoms with E-state index in [4.69, 9.17) is 14.2 Å². The van der Waals surface area contributed by atoms with Crippen LogP contribution < -0.4 is 0 Å². The Hall–Kier alpha value is -0.880. The number of methoxy groups -OCH3 is 2. The van der Waals surface area contributed by atoms with Crippen LogP contribution in [0.1, 0.15) is 25.7 Å². The van der Waals surface area contributed by atoms with Crippen molar-refractivity contribution < 1.29 is 24.4 Å². The van der Waals surface area contributed by atoms with Crippen LogP contribution >= 0.6 is 0 Å². The van der Waals surface area contributed by atoms with Crippen molar-refractivity contribution in [3.63, 3.8) is 0 Å². The highest BCUT2D eigenvalue weighted by Gasteiger charge is 2.41. The van der Waals surface area contributed by atoms with E-state index in [1.165, 1.54) is 0 Å². The molecule has 0 aromatic heterocycles. The third kappa shape index (κ3) is 2.95.